The van der Waals surface area contributed by atoms with Crippen molar-refractivity contribution in [3.05, 3.63) is 42.5 Å². The highest BCUT2D eigenvalue weighted by Gasteiger charge is 2.00. The summed E-state index contributed by atoms with van der Waals surface area (Å²) in [7, 11) is 0. The van der Waals surface area contributed by atoms with Crippen molar-refractivity contribution in [2.24, 2.45) is 0 Å². The SMILES string of the molecule is Cl.Fc1cccc(-n2ccnc2S)c1. The van der Waals surface area contributed by atoms with Crippen LogP contribution in [0.1, 0.15) is 0 Å². The Kier molecular flexibility index (Phi) is 3.55. The van der Waals surface area contributed by atoms with Gasteiger partial charge in [0.1, 0.15) is 5.82 Å². The number of hydrogen-bond acceptors (Lipinski definition) is 2. The zero-order valence-electron chi connectivity index (χ0n) is 7.09. The van der Waals surface area contributed by atoms with Crippen LogP contribution in [0, 0.1) is 5.82 Å². The lowest BCUT2D eigenvalue weighted by atomic mass is 10.3. The lowest BCUT2D eigenvalue weighted by molar-refractivity contribution is 0.626. The first-order valence-electron chi connectivity index (χ1n) is 3.75. The molecule has 1 heterocycles. The molecule has 0 amide bonds. The number of halogens is 2. The molecule has 74 valence electrons. The first kappa shape index (κ1) is 11.1. The summed E-state index contributed by atoms with van der Waals surface area (Å²) in [6.45, 7) is 0. The molecular weight excluding hydrogens is 223 g/mol. The van der Waals surface area contributed by atoms with Crippen LogP contribution in [-0.2, 0) is 0 Å². The second-order valence-electron chi connectivity index (χ2n) is 2.58. The molecule has 0 fully saturated rings. The minimum Gasteiger partial charge on any atom is -0.295 e. The maximum absolute atomic E-state index is 12.8. The Labute approximate surface area is 92.6 Å². The fraction of sp³-hybridized carbons (Fsp3) is 0. The van der Waals surface area contributed by atoms with Crippen LogP contribution < -0.4 is 0 Å². The molecule has 2 rings (SSSR count). The Morgan fingerprint density at radius 3 is 2.71 bits per heavy atom. The standard InChI is InChI=1S/C9H7FN2S.ClH/c10-7-2-1-3-8(6-7)12-5-4-11-9(12)13;/h1-6H,(H,11,13);1H. The highest BCUT2D eigenvalue weighted by atomic mass is 35.5. The molecule has 0 unspecified atom stereocenters. The van der Waals surface area contributed by atoms with Gasteiger partial charge in [0.25, 0.3) is 0 Å². The third-order valence-electron chi connectivity index (χ3n) is 1.71. The van der Waals surface area contributed by atoms with Gasteiger partial charge < -0.3 is 0 Å². The van der Waals surface area contributed by atoms with Crippen molar-refractivity contribution >= 4 is 25.0 Å². The molecule has 2 aromatic rings. The second kappa shape index (κ2) is 4.48. The van der Waals surface area contributed by atoms with E-state index < -0.39 is 0 Å². The first-order chi connectivity index (χ1) is 6.27. The largest absolute Gasteiger partial charge is 0.295 e. The van der Waals surface area contributed by atoms with E-state index >= 15 is 0 Å². The number of rotatable bonds is 1. The van der Waals surface area contributed by atoms with Gasteiger partial charge in [-0.1, -0.05) is 6.07 Å². The van der Waals surface area contributed by atoms with Gasteiger partial charge in [-0.3, -0.25) is 4.57 Å². The van der Waals surface area contributed by atoms with Crippen LogP contribution in [0.2, 0.25) is 0 Å². The molecule has 0 aliphatic rings. The van der Waals surface area contributed by atoms with E-state index in [1.54, 1.807) is 29.1 Å². The molecule has 2 nitrogen and oxygen atoms in total. The number of hydrogen-bond donors (Lipinski definition) is 1. The van der Waals surface area contributed by atoms with Gasteiger partial charge in [0.05, 0.1) is 5.69 Å². The third-order valence-corrected chi connectivity index (χ3v) is 2.04. The second-order valence-corrected chi connectivity index (χ2v) is 2.98. The van der Waals surface area contributed by atoms with E-state index in [2.05, 4.69) is 17.6 Å². The maximum Gasteiger partial charge on any atom is 0.169 e. The lowest BCUT2D eigenvalue weighted by Gasteiger charge is -2.03. The minimum absolute atomic E-state index is 0. The Bertz CT molecular complexity index is 430. The Morgan fingerprint density at radius 1 is 1.36 bits per heavy atom. The quantitative estimate of drug-likeness (QED) is 0.746. The van der Waals surface area contributed by atoms with Crippen molar-refractivity contribution in [3.63, 3.8) is 0 Å². The molecule has 0 radical (unpaired) electrons. The van der Waals surface area contributed by atoms with Gasteiger partial charge in [-0.15, -0.1) is 25.0 Å². The molecule has 14 heavy (non-hydrogen) atoms. The Hall–Kier alpha value is -1.00. The fourth-order valence-corrected chi connectivity index (χ4v) is 1.37. The Balaban J connectivity index is 0.000000980. The van der Waals surface area contributed by atoms with E-state index in [-0.39, 0.29) is 18.2 Å². The van der Waals surface area contributed by atoms with Gasteiger partial charge in [0.2, 0.25) is 0 Å². The van der Waals surface area contributed by atoms with Crippen molar-refractivity contribution < 1.29 is 4.39 Å². The van der Waals surface area contributed by atoms with Gasteiger partial charge in [-0.2, -0.15) is 0 Å². The number of nitrogens with zero attached hydrogens (tertiary/aromatic N) is 2. The van der Waals surface area contributed by atoms with Crippen LogP contribution >= 0.6 is 25.0 Å². The molecule has 0 saturated heterocycles. The average molecular weight is 231 g/mol. The predicted octanol–water partition coefficient (Wildman–Crippen LogP) is 2.72. The number of thiol groups is 1. The number of benzene rings is 1. The van der Waals surface area contributed by atoms with Gasteiger partial charge in [0, 0.05) is 12.4 Å². The summed E-state index contributed by atoms with van der Waals surface area (Å²) < 4.78 is 14.5. The van der Waals surface area contributed by atoms with Crippen LogP contribution in [0.15, 0.2) is 41.8 Å². The molecule has 0 atom stereocenters. The van der Waals surface area contributed by atoms with Crippen molar-refractivity contribution in [1.29, 1.82) is 0 Å². The molecule has 0 bridgehead atoms. The van der Waals surface area contributed by atoms with Gasteiger partial charge in [-0.25, -0.2) is 9.37 Å². The number of aromatic nitrogens is 2. The fourth-order valence-electron chi connectivity index (χ4n) is 1.12. The summed E-state index contributed by atoms with van der Waals surface area (Å²) in [5, 5.41) is 0.547. The zero-order valence-corrected chi connectivity index (χ0v) is 8.80. The molecule has 1 aromatic carbocycles. The van der Waals surface area contributed by atoms with Crippen molar-refractivity contribution in [2.75, 3.05) is 0 Å². The number of imidazole rings is 1. The van der Waals surface area contributed by atoms with E-state index in [0.29, 0.717) is 5.16 Å². The third kappa shape index (κ3) is 2.08. The van der Waals surface area contributed by atoms with Crippen LogP contribution in [-0.4, -0.2) is 9.55 Å². The smallest absolute Gasteiger partial charge is 0.169 e. The molecule has 5 heteroatoms. The van der Waals surface area contributed by atoms with Crippen LogP contribution in [0.4, 0.5) is 4.39 Å². The van der Waals surface area contributed by atoms with Gasteiger partial charge in [0.15, 0.2) is 5.16 Å². The Morgan fingerprint density at radius 2 is 2.14 bits per heavy atom. The van der Waals surface area contributed by atoms with Crippen LogP contribution in [0.3, 0.4) is 0 Å². The molecule has 0 saturated carbocycles. The molecule has 0 N–H and O–H groups in total. The van der Waals surface area contributed by atoms with E-state index in [1.165, 1.54) is 12.1 Å². The lowest BCUT2D eigenvalue weighted by Crippen LogP contribution is -1.93. The molecule has 1 aromatic heterocycles. The summed E-state index contributed by atoms with van der Waals surface area (Å²) in [6, 6.07) is 6.28. The molecule has 0 spiro atoms. The van der Waals surface area contributed by atoms with E-state index in [9.17, 15) is 4.39 Å². The van der Waals surface area contributed by atoms with Gasteiger partial charge in [-0.05, 0) is 18.2 Å². The minimum atomic E-state index is -0.265. The highest BCUT2D eigenvalue weighted by Crippen LogP contribution is 2.13. The monoisotopic (exact) mass is 230 g/mol. The molecule has 0 aliphatic carbocycles. The van der Waals surface area contributed by atoms with Crippen LogP contribution in [0.25, 0.3) is 5.69 Å². The van der Waals surface area contributed by atoms with Gasteiger partial charge >= 0.3 is 0 Å². The molecular formula is C9H8ClFN2S. The summed E-state index contributed by atoms with van der Waals surface area (Å²) in [5.41, 5.74) is 0.725. The highest BCUT2D eigenvalue weighted by molar-refractivity contribution is 7.80. The maximum atomic E-state index is 12.8. The first-order valence-corrected chi connectivity index (χ1v) is 4.20. The van der Waals surface area contributed by atoms with E-state index in [0.717, 1.165) is 5.69 Å². The normalized spacial score (nSPS) is 9.57. The summed E-state index contributed by atoms with van der Waals surface area (Å²) in [5.74, 6) is -0.265. The van der Waals surface area contributed by atoms with Crippen molar-refractivity contribution in [2.45, 2.75) is 5.16 Å². The molecule has 0 aliphatic heterocycles. The summed E-state index contributed by atoms with van der Waals surface area (Å²) in [6.07, 6.45) is 3.35. The van der Waals surface area contributed by atoms with E-state index in [1.807, 2.05) is 0 Å². The summed E-state index contributed by atoms with van der Waals surface area (Å²) >= 11 is 4.12. The zero-order chi connectivity index (χ0) is 9.26. The topological polar surface area (TPSA) is 17.8 Å². The average Bonchev–Trinajstić information content (AvgIpc) is 2.51. The summed E-state index contributed by atoms with van der Waals surface area (Å²) in [4.78, 5) is 3.93. The van der Waals surface area contributed by atoms with Crippen LogP contribution in [0.5, 0.6) is 0 Å². The van der Waals surface area contributed by atoms with Crippen molar-refractivity contribution in [1.82, 2.24) is 9.55 Å². The van der Waals surface area contributed by atoms with E-state index in [4.69, 9.17) is 0 Å². The predicted molar refractivity (Wildman–Crippen MR) is 58.0 cm³/mol. The van der Waals surface area contributed by atoms with Crippen molar-refractivity contribution in [3.8, 4) is 5.69 Å².